The van der Waals surface area contributed by atoms with E-state index in [1.165, 1.54) is 11.3 Å². The molecule has 1 unspecified atom stereocenters. The van der Waals surface area contributed by atoms with E-state index in [4.69, 9.17) is 4.74 Å². The second-order valence-electron chi connectivity index (χ2n) is 5.30. The van der Waals surface area contributed by atoms with E-state index < -0.39 is 0 Å². The van der Waals surface area contributed by atoms with Gasteiger partial charge in [-0.25, -0.2) is 4.68 Å². The maximum atomic E-state index is 12.4. The van der Waals surface area contributed by atoms with Gasteiger partial charge >= 0.3 is 0 Å². The second-order valence-corrected chi connectivity index (χ2v) is 6.22. The number of ether oxygens (including phenoxy) is 1. The number of methoxy groups -OCH3 is 1. The number of thiophene rings is 1. The van der Waals surface area contributed by atoms with Gasteiger partial charge in [-0.1, -0.05) is 5.21 Å². The summed E-state index contributed by atoms with van der Waals surface area (Å²) in [5.41, 5.74) is 1.95. The van der Waals surface area contributed by atoms with Gasteiger partial charge in [-0.15, -0.1) is 16.4 Å². The first-order valence-electron chi connectivity index (χ1n) is 6.91. The first kappa shape index (κ1) is 14.2. The van der Waals surface area contributed by atoms with E-state index in [0.717, 1.165) is 29.1 Å². The van der Waals surface area contributed by atoms with Gasteiger partial charge in [0.1, 0.15) is 5.69 Å². The number of rotatable bonds is 4. The van der Waals surface area contributed by atoms with Crippen LogP contribution in [0.25, 0.3) is 0 Å². The second kappa shape index (κ2) is 5.95. The number of aromatic nitrogens is 3. The zero-order valence-electron chi connectivity index (χ0n) is 12.2. The minimum atomic E-state index is 0.118. The van der Waals surface area contributed by atoms with Crippen molar-refractivity contribution in [3.8, 4) is 0 Å². The summed E-state index contributed by atoms with van der Waals surface area (Å²) in [5.74, 6) is 0.118. The highest BCUT2D eigenvalue weighted by Crippen LogP contribution is 2.24. The van der Waals surface area contributed by atoms with Crippen molar-refractivity contribution in [2.45, 2.75) is 26.0 Å². The van der Waals surface area contributed by atoms with Crippen molar-refractivity contribution in [1.82, 2.24) is 19.9 Å². The van der Waals surface area contributed by atoms with E-state index in [0.29, 0.717) is 13.2 Å². The molecule has 1 amide bonds. The van der Waals surface area contributed by atoms with Crippen molar-refractivity contribution in [3.63, 3.8) is 0 Å². The van der Waals surface area contributed by atoms with Crippen molar-refractivity contribution in [2.24, 2.45) is 0 Å². The lowest BCUT2D eigenvalue weighted by molar-refractivity contribution is 0.0791. The zero-order valence-corrected chi connectivity index (χ0v) is 13.0. The van der Waals surface area contributed by atoms with Crippen LogP contribution in [0.2, 0.25) is 0 Å². The van der Waals surface area contributed by atoms with Crippen LogP contribution in [0, 0.1) is 6.92 Å². The van der Waals surface area contributed by atoms with Crippen LogP contribution in [0.1, 0.15) is 33.4 Å². The van der Waals surface area contributed by atoms with Gasteiger partial charge in [0.25, 0.3) is 5.91 Å². The quantitative estimate of drug-likeness (QED) is 0.865. The average Bonchev–Trinajstić information content (AvgIpc) is 3.17. The number of hydrogen-bond acceptors (Lipinski definition) is 5. The molecule has 6 nitrogen and oxygen atoms in total. The van der Waals surface area contributed by atoms with Crippen molar-refractivity contribution in [3.05, 3.63) is 33.8 Å². The number of likely N-dealkylation sites (tertiary alicyclic amines) is 1. The number of nitrogens with zero attached hydrogens (tertiary/aromatic N) is 4. The Morgan fingerprint density at radius 3 is 3.14 bits per heavy atom. The van der Waals surface area contributed by atoms with E-state index in [9.17, 15) is 4.79 Å². The van der Waals surface area contributed by atoms with E-state index in [1.54, 1.807) is 7.11 Å². The first-order valence-corrected chi connectivity index (χ1v) is 7.79. The minimum Gasteiger partial charge on any atom is -0.378 e. The highest BCUT2D eigenvalue weighted by atomic mass is 32.1. The van der Waals surface area contributed by atoms with Crippen LogP contribution in [0.4, 0.5) is 0 Å². The Bertz CT molecular complexity index is 636. The normalized spacial score (nSPS) is 18.4. The van der Waals surface area contributed by atoms with Crippen LogP contribution in [0.15, 0.2) is 17.6 Å². The molecule has 0 radical (unpaired) electrons. The van der Waals surface area contributed by atoms with Gasteiger partial charge in [-0.2, -0.15) is 0 Å². The summed E-state index contributed by atoms with van der Waals surface area (Å²) in [4.78, 5) is 15.1. The molecule has 3 rings (SSSR count). The van der Waals surface area contributed by atoms with Gasteiger partial charge < -0.3 is 9.64 Å². The third kappa shape index (κ3) is 2.98. The molecule has 0 N–H and O–H groups in total. The van der Waals surface area contributed by atoms with Crippen molar-refractivity contribution < 1.29 is 9.53 Å². The standard InChI is InChI=1S/C14H18N4O2S/c1-10-5-13(21-9-10)14(19)17-4-3-12(7-17)18-6-11(8-20-2)15-16-18/h5-6,9,12H,3-4,7-8H2,1-2H3. The summed E-state index contributed by atoms with van der Waals surface area (Å²) < 4.78 is 6.89. The molecule has 1 saturated heterocycles. The largest absolute Gasteiger partial charge is 0.378 e. The molecule has 7 heteroatoms. The maximum Gasteiger partial charge on any atom is 0.264 e. The van der Waals surface area contributed by atoms with Crippen LogP contribution >= 0.6 is 11.3 Å². The molecule has 0 saturated carbocycles. The Morgan fingerprint density at radius 1 is 1.57 bits per heavy atom. The molecule has 2 aromatic rings. The molecule has 0 aromatic carbocycles. The lowest BCUT2D eigenvalue weighted by atomic mass is 10.3. The molecular formula is C14H18N4O2S. The lowest BCUT2D eigenvalue weighted by Crippen LogP contribution is -2.28. The Kier molecular flexibility index (Phi) is 4.03. The number of hydrogen-bond donors (Lipinski definition) is 0. The molecule has 112 valence electrons. The lowest BCUT2D eigenvalue weighted by Gasteiger charge is -2.15. The van der Waals surface area contributed by atoms with E-state index in [-0.39, 0.29) is 11.9 Å². The smallest absolute Gasteiger partial charge is 0.264 e. The topological polar surface area (TPSA) is 60.2 Å². The molecule has 1 aliphatic heterocycles. The fourth-order valence-electron chi connectivity index (χ4n) is 2.55. The highest BCUT2D eigenvalue weighted by Gasteiger charge is 2.29. The van der Waals surface area contributed by atoms with Crippen LogP contribution in [-0.4, -0.2) is 46.0 Å². The van der Waals surface area contributed by atoms with Gasteiger partial charge in [-0.05, 0) is 30.4 Å². The molecule has 1 atom stereocenters. The van der Waals surface area contributed by atoms with Crippen molar-refractivity contribution in [2.75, 3.05) is 20.2 Å². The fourth-order valence-corrected chi connectivity index (χ4v) is 3.41. The molecule has 0 bridgehead atoms. The predicted octanol–water partition coefficient (Wildman–Crippen LogP) is 1.88. The van der Waals surface area contributed by atoms with Crippen molar-refractivity contribution in [1.29, 1.82) is 0 Å². The maximum absolute atomic E-state index is 12.4. The third-order valence-corrected chi connectivity index (χ3v) is 4.65. The van der Waals surface area contributed by atoms with Gasteiger partial charge in [0.2, 0.25) is 0 Å². The highest BCUT2D eigenvalue weighted by molar-refractivity contribution is 7.12. The van der Waals surface area contributed by atoms with Crippen LogP contribution in [-0.2, 0) is 11.3 Å². The summed E-state index contributed by atoms with van der Waals surface area (Å²) in [7, 11) is 1.64. The molecular weight excluding hydrogens is 288 g/mol. The molecule has 0 aliphatic carbocycles. The fraction of sp³-hybridized carbons (Fsp3) is 0.500. The molecule has 1 aliphatic rings. The van der Waals surface area contributed by atoms with Crippen LogP contribution < -0.4 is 0 Å². The minimum absolute atomic E-state index is 0.118. The molecule has 3 heterocycles. The Labute approximate surface area is 127 Å². The summed E-state index contributed by atoms with van der Waals surface area (Å²) >= 11 is 1.51. The number of carbonyl (C=O) groups is 1. The summed E-state index contributed by atoms with van der Waals surface area (Å²) in [6, 6.07) is 2.15. The Hall–Kier alpha value is -1.73. The SMILES string of the molecule is COCc1cn(C2CCN(C(=O)c3cc(C)cs3)C2)nn1. The van der Waals surface area contributed by atoms with Gasteiger partial charge in [-0.3, -0.25) is 4.79 Å². The van der Waals surface area contributed by atoms with E-state index >= 15 is 0 Å². The van der Waals surface area contributed by atoms with Crippen LogP contribution in [0.3, 0.4) is 0 Å². The monoisotopic (exact) mass is 306 g/mol. The number of aryl methyl sites for hydroxylation is 1. The predicted molar refractivity (Wildman–Crippen MR) is 79.3 cm³/mol. The molecule has 21 heavy (non-hydrogen) atoms. The zero-order chi connectivity index (χ0) is 14.8. The third-order valence-electron chi connectivity index (χ3n) is 3.62. The summed E-state index contributed by atoms with van der Waals surface area (Å²) in [6.45, 7) is 3.92. The Balaban J connectivity index is 1.65. The van der Waals surface area contributed by atoms with Crippen molar-refractivity contribution >= 4 is 17.2 Å². The van der Waals surface area contributed by atoms with Crippen LogP contribution in [0.5, 0.6) is 0 Å². The van der Waals surface area contributed by atoms with Gasteiger partial charge in [0.05, 0.1) is 23.7 Å². The molecule has 1 fully saturated rings. The molecule has 0 spiro atoms. The van der Waals surface area contributed by atoms with Gasteiger partial charge in [0, 0.05) is 20.2 Å². The van der Waals surface area contributed by atoms with Gasteiger partial charge in [0.15, 0.2) is 0 Å². The van der Waals surface area contributed by atoms with E-state index in [2.05, 4.69) is 10.3 Å². The Morgan fingerprint density at radius 2 is 2.43 bits per heavy atom. The van der Waals surface area contributed by atoms with E-state index in [1.807, 2.05) is 34.1 Å². The molecule has 2 aromatic heterocycles. The first-order chi connectivity index (χ1) is 10.2. The summed E-state index contributed by atoms with van der Waals surface area (Å²) in [5, 5.41) is 10.2. The number of amides is 1. The average molecular weight is 306 g/mol. The number of carbonyl (C=O) groups excluding carboxylic acids is 1. The summed E-state index contributed by atoms with van der Waals surface area (Å²) in [6.07, 6.45) is 2.81.